The van der Waals surface area contributed by atoms with Crippen molar-refractivity contribution in [3.8, 4) is 0 Å². The van der Waals surface area contributed by atoms with Crippen molar-refractivity contribution in [2.24, 2.45) is 0 Å². The lowest BCUT2D eigenvalue weighted by Gasteiger charge is -2.27. The van der Waals surface area contributed by atoms with Crippen LogP contribution in [-0.4, -0.2) is 60.4 Å². The van der Waals surface area contributed by atoms with E-state index in [1.807, 2.05) is 13.8 Å². The van der Waals surface area contributed by atoms with Gasteiger partial charge in [0.05, 0.1) is 13.2 Å². The molecule has 0 fully saturated rings. The molecule has 104 valence electrons. The quantitative estimate of drug-likeness (QED) is 0.641. The zero-order chi connectivity index (χ0) is 14.3. The van der Waals surface area contributed by atoms with E-state index in [0.29, 0.717) is 0 Å². The van der Waals surface area contributed by atoms with Crippen LogP contribution in [0.5, 0.6) is 0 Å². The second-order valence-electron chi connectivity index (χ2n) is 4.30. The molecular weight excluding hydrogens is 236 g/mol. The van der Waals surface area contributed by atoms with Crippen LogP contribution in [0, 0.1) is 0 Å². The summed E-state index contributed by atoms with van der Waals surface area (Å²) in [4.78, 5) is 37.1. The third kappa shape index (κ3) is 5.65. The van der Waals surface area contributed by atoms with Crippen molar-refractivity contribution in [2.75, 3.05) is 26.7 Å². The standard InChI is InChI=1S/C12H22N2O4/c1-6-18-12(17)8-14(9(2)3)11(16)7-13(5)10(4)15/h9H,6-8H2,1-5H3. The molecule has 0 N–H and O–H groups in total. The average molecular weight is 258 g/mol. The molecule has 0 aliphatic rings. The molecule has 6 nitrogen and oxygen atoms in total. The van der Waals surface area contributed by atoms with Gasteiger partial charge in [-0.15, -0.1) is 0 Å². The summed E-state index contributed by atoms with van der Waals surface area (Å²) in [7, 11) is 1.54. The van der Waals surface area contributed by atoms with E-state index >= 15 is 0 Å². The second-order valence-corrected chi connectivity index (χ2v) is 4.30. The fraction of sp³-hybridized carbons (Fsp3) is 0.750. The van der Waals surface area contributed by atoms with Crippen LogP contribution in [-0.2, 0) is 19.1 Å². The number of hydrogen-bond donors (Lipinski definition) is 0. The Morgan fingerprint density at radius 2 is 1.72 bits per heavy atom. The van der Waals surface area contributed by atoms with E-state index in [4.69, 9.17) is 4.74 Å². The molecule has 0 aromatic rings. The number of amides is 2. The summed E-state index contributed by atoms with van der Waals surface area (Å²) in [6, 6.07) is -0.123. The number of carbonyl (C=O) groups is 3. The Balaban J connectivity index is 4.55. The minimum Gasteiger partial charge on any atom is -0.465 e. The summed E-state index contributed by atoms with van der Waals surface area (Å²) in [5, 5.41) is 0. The molecule has 0 rings (SSSR count). The average Bonchev–Trinajstić information content (AvgIpc) is 2.25. The summed E-state index contributed by atoms with van der Waals surface area (Å²) < 4.78 is 4.81. The Bertz CT molecular complexity index is 315. The Labute approximate surface area is 108 Å². The molecule has 18 heavy (non-hydrogen) atoms. The molecule has 0 heterocycles. The van der Waals surface area contributed by atoms with E-state index in [0.717, 1.165) is 0 Å². The molecule has 0 radical (unpaired) electrons. The molecule has 0 atom stereocenters. The van der Waals surface area contributed by atoms with Crippen molar-refractivity contribution < 1.29 is 19.1 Å². The Morgan fingerprint density at radius 1 is 1.17 bits per heavy atom. The lowest BCUT2D eigenvalue weighted by Crippen LogP contribution is -2.46. The van der Waals surface area contributed by atoms with Gasteiger partial charge in [0.15, 0.2) is 0 Å². The minimum atomic E-state index is -0.440. The first kappa shape index (κ1) is 16.4. The number of carbonyl (C=O) groups excluding carboxylic acids is 3. The zero-order valence-electron chi connectivity index (χ0n) is 11.7. The third-order valence-electron chi connectivity index (χ3n) is 2.46. The smallest absolute Gasteiger partial charge is 0.325 e. The summed E-state index contributed by atoms with van der Waals surface area (Å²) in [6.45, 7) is 6.88. The van der Waals surface area contributed by atoms with Crippen LogP contribution in [0.3, 0.4) is 0 Å². The third-order valence-corrected chi connectivity index (χ3v) is 2.46. The molecule has 0 aromatic heterocycles. The maximum Gasteiger partial charge on any atom is 0.325 e. The lowest BCUT2D eigenvalue weighted by molar-refractivity contribution is -0.150. The van der Waals surface area contributed by atoms with Gasteiger partial charge in [0.2, 0.25) is 11.8 Å². The predicted molar refractivity (Wildman–Crippen MR) is 66.8 cm³/mol. The first-order chi connectivity index (χ1) is 8.29. The number of ether oxygens (including phenoxy) is 1. The highest BCUT2D eigenvalue weighted by molar-refractivity contribution is 5.86. The number of rotatable bonds is 6. The van der Waals surface area contributed by atoms with Crippen LogP contribution < -0.4 is 0 Å². The molecule has 0 spiro atoms. The fourth-order valence-corrected chi connectivity index (χ4v) is 1.31. The molecule has 2 amide bonds. The van der Waals surface area contributed by atoms with E-state index in [1.165, 1.54) is 16.7 Å². The Hall–Kier alpha value is -1.59. The van der Waals surface area contributed by atoms with Crippen molar-refractivity contribution in [3.05, 3.63) is 0 Å². The van der Waals surface area contributed by atoms with Gasteiger partial charge in [-0.25, -0.2) is 0 Å². The summed E-state index contributed by atoms with van der Waals surface area (Å²) in [6.07, 6.45) is 0. The lowest BCUT2D eigenvalue weighted by atomic mass is 10.3. The van der Waals surface area contributed by atoms with Crippen molar-refractivity contribution in [3.63, 3.8) is 0 Å². The van der Waals surface area contributed by atoms with Gasteiger partial charge in [-0.2, -0.15) is 0 Å². The largest absolute Gasteiger partial charge is 0.465 e. The first-order valence-corrected chi connectivity index (χ1v) is 5.96. The maximum absolute atomic E-state index is 12.0. The maximum atomic E-state index is 12.0. The van der Waals surface area contributed by atoms with Gasteiger partial charge in [0.1, 0.15) is 6.54 Å². The number of likely N-dealkylation sites (N-methyl/N-ethyl adjacent to an activating group) is 1. The van der Waals surface area contributed by atoms with Crippen molar-refractivity contribution in [1.29, 1.82) is 0 Å². The molecule has 0 saturated carbocycles. The van der Waals surface area contributed by atoms with Crippen molar-refractivity contribution >= 4 is 17.8 Å². The molecule has 0 unspecified atom stereocenters. The normalized spacial score (nSPS) is 10.1. The highest BCUT2D eigenvalue weighted by Crippen LogP contribution is 2.01. The topological polar surface area (TPSA) is 66.9 Å². The monoisotopic (exact) mass is 258 g/mol. The number of nitrogens with zero attached hydrogens (tertiary/aromatic N) is 2. The summed E-state index contributed by atoms with van der Waals surface area (Å²) >= 11 is 0. The van der Waals surface area contributed by atoms with Gasteiger partial charge in [-0.3, -0.25) is 14.4 Å². The first-order valence-electron chi connectivity index (χ1n) is 5.96. The van der Waals surface area contributed by atoms with Gasteiger partial charge in [0, 0.05) is 20.0 Å². The summed E-state index contributed by atoms with van der Waals surface area (Å²) in [5.41, 5.74) is 0. The van der Waals surface area contributed by atoms with Gasteiger partial charge >= 0.3 is 5.97 Å². The van der Waals surface area contributed by atoms with Crippen LogP contribution >= 0.6 is 0 Å². The van der Waals surface area contributed by atoms with E-state index in [-0.39, 0.29) is 37.6 Å². The van der Waals surface area contributed by atoms with Crippen LogP contribution in [0.1, 0.15) is 27.7 Å². The van der Waals surface area contributed by atoms with E-state index in [9.17, 15) is 14.4 Å². The molecule has 6 heteroatoms. The minimum absolute atomic E-state index is 0.0348. The van der Waals surface area contributed by atoms with Crippen LogP contribution in [0.15, 0.2) is 0 Å². The second kappa shape index (κ2) is 7.68. The highest BCUT2D eigenvalue weighted by atomic mass is 16.5. The fourth-order valence-electron chi connectivity index (χ4n) is 1.31. The van der Waals surface area contributed by atoms with Gasteiger partial charge in [0.25, 0.3) is 0 Å². The molecule has 0 aromatic carbocycles. The van der Waals surface area contributed by atoms with Gasteiger partial charge in [-0.05, 0) is 20.8 Å². The summed E-state index contributed by atoms with van der Waals surface area (Å²) in [5.74, 6) is -0.899. The van der Waals surface area contributed by atoms with Gasteiger partial charge < -0.3 is 14.5 Å². The van der Waals surface area contributed by atoms with Crippen LogP contribution in [0.2, 0.25) is 0 Å². The van der Waals surface area contributed by atoms with Crippen LogP contribution in [0.4, 0.5) is 0 Å². The highest BCUT2D eigenvalue weighted by Gasteiger charge is 2.22. The SMILES string of the molecule is CCOC(=O)CN(C(=O)CN(C)C(C)=O)C(C)C. The van der Waals surface area contributed by atoms with Crippen LogP contribution in [0.25, 0.3) is 0 Å². The van der Waals surface area contributed by atoms with Gasteiger partial charge in [-0.1, -0.05) is 0 Å². The molecular formula is C12H22N2O4. The predicted octanol–water partition coefficient (Wildman–Crippen LogP) is 0.265. The van der Waals surface area contributed by atoms with E-state index in [2.05, 4.69) is 0 Å². The molecule has 0 aliphatic heterocycles. The Kier molecular flexibility index (Phi) is 7.00. The molecule has 0 saturated heterocycles. The van der Waals surface area contributed by atoms with E-state index < -0.39 is 5.97 Å². The van der Waals surface area contributed by atoms with Crippen molar-refractivity contribution in [2.45, 2.75) is 33.7 Å². The zero-order valence-corrected chi connectivity index (χ0v) is 11.7. The molecule has 0 bridgehead atoms. The van der Waals surface area contributed by atoms with Crippen molar-refractivity contribution in [1.82, 2.24) is 9.80 Å². The number of hydrogen-bond acceptors (Lipinski definition) is 4. The number of esters is 1. The van der Waals surface area contributed by atoms with E-state index in [1.54, 1.807) is 14.0 Å². The molecule has 0 aliphatic carbocycles. The Morgan fingerprint density at radius 3 is 2.11 bits per heavy atom.